The van der Waals surface area contributed by atoms with Gasteiger partial charge in [0.15, 0.2) is 0 Å². The number of carbonyl (C=O) groups excluding carboxylic acids is 2. The zero-order valence-corrected chi connectivity index (χ0v) is 16.7. The number of carbonyl (C=O) groups is 3. The summed E-state index contributed by atoms with van der Waals surface area (Å²) in [5, 5.41) is 16.4. The van der Waals surface area contributed by atoms with Gasteiger partial charge in [0.2, 0.25) is 0 Å². The standard InChI is InChI=1S/C21H24N2O5S/c24-19(22-11-12-23-20(25)18-2-1-13-29-18)14-3-7-16(8-4-14)28-17-9-5-15(6-10-17)21(26)27/h1-4,7-8,13,15,17H,5-6,9-12H2,(H,22,24)(H,23,25)(H,26,27). The van der Waals surface area contributed by atoms with E-state index in [-0.39, 0.29) is 23.8 Å². The first-order valence-electron chi connectivity index (χ1n) is 9.62. The van der Waals surface area contributed by atoms with E-state index in [0.29, 0.717) is 42.1 Å². The molecule has 0 atom stereocenters. The molecule has 1 fully saturated rings. The molecular weight excluding hydrogens is 392 g/mol. The molecule has 2 aromatic rings. The summed E-state index contributed by atoms with van der Waals surface area (Å²) in [7, 11) is 0. The second-order valence-corrected chi connectivity index (χ2v) is 7.89. The smallest absolute Gasteiger partial charge is 0.306 e. The number of nitrogens with one attached hydrogen (secondary N) is 2. The van der Waals surface area contributed by atoms with Gasteiger partial charge in [-0.25, -0.2) is 0 Å². The average molecular weight is 416 g/mol. The number of thiophene rings is 1. The van der Waals surface area contributed by atoms with Crippen LogP contribution in [0.25, 0.3) is 0 Å². The molecule has 0 saturated heterocycles. The van der Waals surface area contributed by atoms with E-state index in [9.17, 15) is 14.4 Å². The van der Waals surface area contributed by atoms with Gasteiger partial charge in [-0.1, -0.05) is 6.07 Å². The van der Waals surface area contributed by atoms with Gasteiger partial charge in [0.25, 0.3) is 11.8 Å². The van der Waals surface area contributed by atoms with Crippen LogP contribution in [0, 0.1) is 5.92 Å². The molecule has 0 radical (unpaired) electrons. The van der Waals surface area contributed by atoms with Crippen LogP contribution in [-0.2, 0) is 4.79 Å². The first-order chi connectivity index (χ1) is 14.0. The van der Waals surface area contributed by atoms with E-state index in [0.717, 1.165) is 12.8 Å². The molecule has 154 valence electrons. The van der Waals surface area contributed by atoms with Crippen molar-refractivity contribution in [3.63, 3.8) is 0 Å². The fraction of sp³-hybridized carbons (Fsp3) is 0.381. The fourth-order valence-corrected chi connectivity index (χ4v) is 3.89. The van der Waals surface area contributed by atoms with Crippen molar-refractivity contribution in [2.75, 3.05) is 13.1 Å². The Hall–Kier alpha value is -2.87. The lowest BCUT2D eigenvalue weighted by molar-refractivity contribution is -0.143. The molecule has 1 aliphatic carbocycles. The SMILES string of the molecule is O=C(NCCNC(=O)c1cccs1)c1ccc(OC2CCC(C(=O)O)CC2)cc1. The van der Waals surface area contributed by atoms with Crippen LogP contribution in [-0.4, -0.2) is 42.1 Å². The maximum Gasteiger partial charge on any atom is 0.306 e. The third-order valence-electron chi connectivity index (χ3n) is 4.88. The highest BCUT2D eigenvalue weighted by atomic mass is 32.1. The lowest BCUT2D eigenvalue weighted by atomic mass is 9.87. The number of benzene rings is 1. The number of aliphatic carboxylic acids is 1. The number of carboxylic acid groups (broad SMARTS) is 1. The molecule has 1 aromatic heterocycles. The second-order valence-electron chi connectivity index (χ2n) is 6.94. The maximum absolute atomic E-state index is 12.2. The van der Waals surface area contributed by atoms with E-state index in [4.69, 9.17) is 9.84 Å². The molecule has 3 N–H and O–H groups in total. The topological polar surface area (TPSA) is 105 Å². The van der Waals surface area contributed by atoms with Crippen LogP contribution < -0.4 is 15.4 Å². The van der Waals surface area contributed by atoms with Gasteiger partial charge < -0.3 is 20.5 Å². The highest BCUT2D eigenvalue weighted by molar-refractivity contribution is 7.12. The van der Waals surface area contributed by atoms with E-state index >= 15 is 0 Å². The third kappa shape index (κ3) is 6.05. The molecule has 1 heterocycles. The summed E-state index contributed by atoms with van der Waals surface area (Å²) in [6.07, 6.45) is 2.71. The molecule has 0 spiro atoms. The quantitative estimate of drug-likeness (QED) is 0.574. The molecule has 7 nitrogen and oxygen atoms in total. The minimum absolute atomic E-state index is 0.0113. The predicted molar refractivity (Wildman–Crippen MR) is 109 cm³/mol. The second kappa shape index (κ2) is 10.1. The summed E-state index contributed by atoms with van der Waals surface area (Å²) >= 11 is 1.37. The van der Waals surface area contributed by atoms with E-state index in [1.165, 1.54) is 11.3 Å². The van der Waals surface area contributed by atoms with Crippen molar-refractivity contribution in [1.29, 1.82) is 0 Å². The molecule has 0 aliphatic heterocycles. The summed E-state index contributed by atoms with van der Waals surface area (Å²) < 4.78 is 5.91. The normalized spacial score (nSPS) is 18.6. The first kappa shape index (κ1) is 20.9. The Morgan fingerprint density at radius 3 is 2.21 bits per heavy atom. The van der Waals surface area contributed by atoms with E-state index in [1.807, 2.05) is 11.4 Å². The zero-order chi connectivity index (χ0) is 20.6. The summed E-state index contributed by atoms with van der Waals surface area (Å²) in [6.45, 7) is 0.684. The van der Waals surface area contributed by atoms with Crippen LogP contribution in [0.2, 0.25) is 0 Å². The van der Waals surface area contributed by atoms with Crippen molar-refractivity contribution < 1.29 is 24.2 Å². The van der Waals surface area contributed by atoms with Gasteiger partial charge in [-0.05, 0) is 61.4 Å². The number of carboxylic acids is 1. The summed E-state index contributed by atoms with van der Waals surface area (Å²) in [5.41, 5.74) is 0.511. The molecule has 0 unspecified atom stereocenters. The third-order valence-corrected chi connectivity index (χ3v) is 5.75. The number of rotatable bonds is 8. The van der Waals surface area contributed by atoms with Crippen molar-refractivity contribution in [2.45, 2.75) is 31.8 Å². The summed E-state index contributed by atoms with van der Waals surface area (Å²) in [6, 6.07) is 10.4. The fourth-order valence-electron chi connectivity index (χ4n) is 3.25. The van der Waals surface area contributed by atoms with Crippen molar-refractivity contribution in [3.05, 3.63) is 52.2 Å². The molecule has 1 aromatic carbocycles. The molecule has 3 rings (SSSR count). The summed E-state index contributed by atoms with van der Waals surface area (Å²) in [4.78, 5) is 35.7. The lowest BCUT2D eigenvalue weighted by Gasteiger charge is -2.26. The number of amides is 2. The minimum atomic E-state index is -0.732. The van der Waals surface area contributed by atoms with Crippen molar-refractivity contribution in [1.82, 2.24) is 10.6 Å². The van der Waals surface area contributed by atoms with Crippen molar-refractivity contribution >= 4 is 29.1 Å². The van der Waals surface area contributed by atoms with E-state index in [1.54, 1.807) is 30.3 Å². The molecular formula is C21H24N2O5S. The van der Waals surface area contributed by atoms with Gasteiger partial charge in [0.1, 0.15) is 5.75 Å². The zero-order valence-electron chi connectivity index (χ0n) is 15.9. The van der Waals surface area contributed by atoms with E-state index < -0.39 is 5.97 Å². The molecule has 2 amide bonds. The van der Waals surface area contributed by atoms with Crippen LogP contribution in [0.1, 0.15) is 45.7 Å². The molecule has 1 saturated carbocycles. The number of hydrogen-bond acceptors (Lipinski definition) is 5. The van der Waals surface area contributed by atoms with Crippen LogP contribution in [0.15, 0.2) is 41.8 Å². The van der Waals surface area contributed by atoms with Crippen LogP contribution in [0.3, 0.4) is 0 Å². The van der Waals surface area contributed by atoms with Crippen LogP contribution in [0.5, 0.6) is 5.75 Å². The molecule has 29 heavy (non-hydrogen) atoms. The Morgan fingerprint density at radius 2 is 1.62 bits per heavy atom. The molecule has 8 heteroatoms. The van der Waals surface area contributed by atoms with Gasteiger partial charge in [-0.15, -0.1) is 11.3 Å². The van der Waals surface area contributed by atoms with Gasteiger partial charge in [-0.3, -0.25) is 14.4 Å². The number of ether oxygens (including phenoxy) is 1. The van der Waals surface area contributed by atoms with Crippen LogP contribution in [0.4, 0.5) is 0 Å². The summed E-state index contributed by atoms with van der Waals surface area (Å²) in [5.74, 6) is -0.693. The minimum Gasteiger partial charge on any atom is -0.490 e. The Balaban J connectivity index is 1.38. The maximum atomic E-state index is 12.2. The monoisotopic (exact) mass is 416 g/mol. The van der Waals surface area contributed by atoms with E-state index in [2.05, 4.69) is 10.6 Å². The lowest BCUT2D eigenvalue weighted by Crippen LogP contribution is -2.34. The molecule has 0 bridgehead atoms. The van der Waals surface area contributed by atoms with Gasteiger partial charge in [0.05, 0.1) is 16.9 Å². The molecule has 1 aliphatic rings. The Bertz CT molecular complexity index is 827. The number of hydrogen-bond donors (Lipinski definition) is 3. The highest BCUT2D eigenvalue weighted by Crippen LogP contribution is 2.28. The Kier molecular flexibility index (Phi) is 7.24. The average Bonchev–Trinajstić information content (AvgIpc) is 3.27. The van der Waals surface area contributed by atoms with Crippen LogP contribution >= 0.6 is 11.3 Å². The van der Waals surface area contributed by atoms with Crippen molar-refractivity contribution in [2.24, 2.45) is 5.92 Å². The predicted octanol–water partition coefficient (Wildman–Crippen LogP) is 2.93. The van der Waals surface area contributed by atoms with Gasteiger partial charge in [0, 0.05) is 18.7 Å². The Labute approximate surface area is 173 Å². The van der Waals surface area contributed by atoms with Gasteiger partial charge >= 0.3 is 5.97 Å². The van der Waals surface area contributed by atoms with Gasteiger partial charge in [-0.2, -0.15) is 0 Å². The van der Waals surface area contributed by atoms with Crippen molar-refractivity contribution in [3.8, 4) is 5.75 Å². The first-order valence-corrected chi connectivity index (χ1v) is 10.5. The largest absolute Gasteiger partial charge is 0.490 e. The Morgan fingerprint density at radius 1 is 0.966 bits per heavy atom. The highest BCUT2D eigenvalue weighted by Gasteiger charge is 2.26.